The van der Waals surface area contributed by atoms with Crippen molar-refractivity contribution < 1.29 is 24.1 Å². The van der Waals surface area contributed by atoms with Gasteiger partial charge in [-0.1, -0.05) is 11.3 Å². The highest BCUT2D eigenvalue weighted by Gasteiger charge is 2.24. The summed E-state index contributed by atoms with van der Waals surface area (Å²) in [4.78, 5) is 11.8. The molecular formula is C17H14N2O5S. The van der Waals surface area contributed by atoms with E-state index in [9.17, 15) is 9.90 Å². The Morgan fingerprint density at radius 2 is 2.12 bits per heavy atom. The Morgan fingerprint density at radius 3 is 2.84 bits per heavy atom. The quantitative estimate of drug-likeness (QED) is 0.766. The van der Waals surface area contributed by atoms with Crippen molar-refractivity contribution in [1.82, 2.24) is 9.78 Å². The lowest BCUT2D eigenvalue weighted by molar-refractivity contribution is 0.0701. The van der Waals surface area contributed by atoms with Crippen molar-refractivity contribution in [3.63, 3.8) is 0 Å². The first-order chi connectivity index (χ1) is 12.0. The van der Waals surface area contributed by atoms with Gasteiger partial charge in [-0.05, 0) is 30.7 Å². The fraction of sp³-hybridized carbons (Fsp3) is 0.176. The second-order valence-corrected chi connectivity index (χ2v) is 6.46. The molecule has 0 aliphatic carbocycles. The molecule has 2 aromatic heterocycles. The van der Waals surface area contributed by atoms with Gasteiger partial charge in [0.25, 0.3) is 0 Å². The molecule has 7 nitrogen and oxygen atoms in total. The molecule has 128 valence electrons. The van der Waals surface area contributed by atoms with Gasteiger partial charge in [-0.3, -0.25) is 4.68 Å². The third-order valence-corrected chi connectivity index (χ3v) is 5.10. The molecule has 0 atom stereocenters. The molecule has 0 saturated carbocycles. The van der Waals surface area contributed by atoms with Gasteiger partial charge in [-0.2, -0.15) is 5.10 Å². The molecule has 1 N–H and O–H groups in total. The number of fused-ring (bicyclic) bond motifs is 1. The number of rotatable bonds is 4. The number of hydrogen-bond donors (Lipinski definition) is 1. The van der Waals surface area contributed by atoms with Crippen LogP contribution in [0.4, 0.5) is 0 Å². The van der Waals surface area contributed by atoms with Crippen LogP contribution < -0.4 is 14.2 Å². The summed E-state index contributed by atoms with van der Waals surface area (Å²) in [5.74, 6) is 0.830. The summed E-state index contributed by atoms with van der Waals surface area (Å²) in [6, 6.07) is 7.08. The molecule has 0 spiro atoms. The molecule has 0 radical (unpaired) electrons. The van der Waals surface area contributed by atoms with Crippen LogP contribution in [-0.4, -0.2) is 27.6 Å². The summed E-state index contributed by atoms with van der Waals surface area (Å²) in [6.07, 6.45) is 1.66. The molecule has 1 aliphatic heterocycles. The largest absolute Gasteiger partial charge is 0.477 e. The summed E-state index contributed by atoms with van der Waals surface area (Å²) in [7, 11) is 1.80. The SMILES string of the molecule is Cc1c(C(=O)O)sc(Oc2ccc3c(c2)OCO3)c1-c1ccnn1C. The van der Waals surface area contributed by atoms with Gasteiger partial charge in [0.15, 0.2) is 16.6 Å². The first-order valence-corrected chi connectivity index (χ1v) is 8.29. The molecule has 3 heterocycles. The predicted octanol–water partition coefficient (Wildman–Crippen LogP) is 3.68. The lowest BCUT2D eigenvalue weighted by Gasteiger charge is -2.08. The van der Waals surface area contributed by atoms with Crippen LogP contribution in [0.15, 0.2) is 30.5 Å². The molecule has 1 aromatic carbocycles. The van der Waals surface area contributed by atoms with Crippen molar-refractivity contribution in [1.29, 1.82) is 0 Å². The molecule has 0 unspecified atom stereocenters. The van der Waals surface area contributed by atoms with Gasteiger partial charge in [0.2, 0.25) is 6.79 Å². The molecule has 0 bridgehead atoms. The number of aryl methyl sites for hydroxylation is 1. The number of thiophene rings is 1. The van der Waals surface area contributed by atoms with Gasteiger partial charge in [0.05, 0.1) is 11.3 Å². The molecular weight excluding hydrogens is 344 g/mol. The molecule has 1 aliphatic rings. The van der Waals surface area contributed by atoms with Crippen LogP contribution >= 0.6 is 11.3 Å². The van der Waals surface area contributed by atoms with E-state index in [4.69, 9.17) is 14.2 Å². The topological polar surface area (TPSA) is 82.8 Å². The lowest BCUT2D eigenvalue weighted by atomic mass is 10.1. The van der Waals surface area contributed by atoms with E-state index in [2.05, 4.69) is 5.10 Å². The zero-order valence-electron chi connectivity index (χ0n) is 13.5. The van der Waals surface area contributed by atoms with Crippen molar-refractivity contribution in [2.75, 3.05) is 6.79 Å². The summed E-state index contributed by atoms with van der Waals surface area (Å²) in [5.41, 5.74) is 2.16. The first-order valence-electron chi connectivity index (χ1n) is 7.47. The van der Waals surface area contributed by atoms with Crippen LogP contribution in [0.25, 0.3) is 11.3 Å². The van der Waals surface area contributed by atoms with Gasteiger partial charge in [-0.25, -0.2) is 4.79 Å². The Kier molecular flexibility index (Phi) is 3.61. The Labute approximate surface area is 147 Å². The van der Waals surface area contributed by atoms with E-state index in [1.54, 1.807) is 43.0 Å². The fourth-order valence-corrected chi connectivity index (χ4v) is 3.75. The number of aromatic nitrogens is 2. The summed E-state index contributed by atoms with van der Waals surface area (Å²) in [5, 5.41) is 14.1. The van der Waals surface area contributed by atoms with Crippen molar-refractivity contribution in [2.45, 2.75) is 6.92 Å². The highest BCUT2D eigenvalue weighted by molar-refractivity contribution is 7.16. The van der Waals surface area contributed by atoms with Gasteiger partial charge in [-0.15, -0.1) is 0 Å². The number of carbonyl (C=O) groups is 1. The maximum atomic E-state index is 11.5. The van der Waals surface area contributed by atoms with Crippen molar-refractivity contribution in [2.24, 2.45) is 7.05 Å². The van der Waals surface area contributed by atoms with E-state index in [0.29, 0.717) is 27.9 Å². The summed E-state index contributed by atoms with van der Waals surface area (Å²) in [6.45, 7) is 1.95. The van der Waals surface area contributed by atoms with Gasteiger partial charge in [0, 0.05) is 19.3 Å². The minimum atomic E-state index is -0.980. The standard InChI is InChI=1S/C17H14N2O5S/c1-9-14(11-5-6-18-19(11)2)17(25-15(9)16(20)21)24-10-3-4-12-13(7-10)23-8-22-12/h3-7H,8H2,1-2H3,(H,20,21). The summed E-state index contributed by atoms with van der Waals surface area (Å²) < 4.78 is 18.3. The van der Waals surface area contributed by atoms with Crippen LogP contribution in [-0.2, 0) is 7.05 Å². The van der Waals surface area contributed by atoms with Crippen molar-refractivity contribution >= 4 is 17.3 Å². The van der Waals surface area contributed by atoms with Crippen LogP contribution in [0.5, 0.6) is 22.3 Å². The summed E-state index contributed by atoms with van der Waals surface area (Å²) >= 11 is 1.09. The van der Waals surface area contributed by atoms with E-state index >= 15 is 0 Å². The first kappa shape index (κ1) is 15.5. The number of carboxylic acids is 1. The Morgan fingerprint density at radius 1 is 1.32 bits per heavy atom. The van der Waals surface area contributed by atoms with Crippen molar-refractivity contribution in [3.8, 4) is 33.6 Å². The van der Waals surface area contributed by atoms with E-state index in [0.717, 1.165) is 22.6 Å². The van der Waals surface area contributed by atoms with Crippen LogP contribution in [0.2, 0.25) is 0 Å². The van der Waals surface area contributed by atoms with Gasteiger partial charge >= 0.3 is 5.97 Å². The number of nitrogens with zero attached hydrogens (tertiary/aromatic N) is 2. The van der Waals surface area contributed by atoms with E-state index < -0.39 is 5.97 Å². The van der Waals surface area contributed by atoms with E-state index in [1.807, 2.05) is 6.07 Å². The average molecular weight is 358 g/mol. The number of hydrogen-bond acceptors (Lipinski definition) is 6. The lowest BCUT2D eigenvalue weighted by Crippen LogP contribution is -1.97. The fourth-order valence-electron chi connectivity index (χ4n) is 2.73. The van der Waals surface area contributed by atoms with Gasteiger partial charge < -0.3 is 19.3 Å². The van der Waals surface area contributed by atoms with Gasteiger partial charge in [0.1, 0.15) is 10.6 Å². The van der Waals surface area contributed by atoms with Crippen LogP contribution in [0.1, 0.15) is 15.2 Å². The van der Waals surface area contributed by atoms with E-state index in [-0.39, 0.29) is 11.7 Å². The molecule has 4 rings (SSSR count). The maximum Gasteiger partial charge on any atom is 0.346 e. The van der Waals surface area contributed by atoms with Crippen LogP contribution in [0, 0.1) is 6.92 Å². The molecule has 0 amide bonds. The third kappa shape index (κ3) is 2.60. The molecule has 0 saturated heterocycles. The Bertz CT molecular complexity index is 976. The monoisotopic (exact) mass is 358 g/mol. The highest BCUT2D eigenvalue weighted by Crippen LogP contribution is 2.45. The maximum absolute atomic E-state index is 11.5. The number of aromatic carboxylic acids is 1. The molecule has 8 heteroatoms. The Hall–Kier alpha value is -3.00. The zero-order chi connectivity index (χ0) is 17.6. The average Bonchev–Trinajstić information content (AvgIpc) is 3.27. The minimum absolute atomic E-state index is 0.181. The second kappa shape index (κ2) is 5.82. The normalized spacial score (nSPS) is 12.4. The molecule has 3 aromatic rings. The number of benzene rings is 1. The predicted molar refractivity (Wildman–Crippen MR) is 90.9 cm³/mol. The third-order valence-electron chi connectivity index (χ3n) is 3.94. The minimum Gasteiger partial charge on any atom is -0.477 e. The number of ether oxygens (including phenoxy) is 3. The Balaban J connectivity index is 1.80. The number of carboxylic acid groups (broad SMARTS) is 1. The molecule has 25 heavy (non-hydrogen) atoms. The van der Waals surface area contributed by atoms with Crippen LogP contribution in [0.3, 0.4) is 0 Å². The highest BCUT2D eigenvalue weighted by atomic mass is 32.1. The van der Waals surface area contributed by atoms with E-state index in [1.165, 1.54) is 0 Å². The second-order valence-electron chi connectivity index (χ2n) is 5.48. The van der Waals surface area contributed by atoms with Crippen molar-refractivity contribution in [3.05, 3.63) is 40.9 Å². The smallest absolute Gasteiger partial charge is 0.346 e. The molecule has 0 fully saturated rings. The zero-order valence-corrected chi connectivity index (χ0v) is 14.3.